The van der Waals surface area contributed by atoms with Gasteiger partial charge in [0.15, 0.2) is 6.04 Å². The number of anilines is 2. The molecule has 1 aromatic carbocycles. The Labute approximate surface area is 162 Å². The van der Waals surface area contributed by atoms with E-state index in [1.807, 2.05) is 0 Å². The maximum absolute atomic E-state index is 14.5. The third-order valence-corrected chi connectivity index (χ3v) is 5.24. The first-order valence-electron chi connectivity index (χ1n) is 9.35. The van der Waals surface area contributed by atoms with Crippen LogP contribution in [0.4, 0.5) is 15.8 Å². The van der Waals surface area contributed by atoms with Crippen LogP contribution in [-0.2, 0) is 19.1 Å². The minimum Gasteiger partial charge on any atom is -0.370 e. The van der Waals surface area contributed by atoms with Crippen LogP contribution in [0, 0.1) is 11.7 Å². The zero-order chi connectivity index (χ0) is 20.3. The first-order valence-corrected chi connectivity index (χ1v) is 9.35. The zero-order valence-electron chi connectivity index (χ0n) is 15.8. The Bertz CT molecular complexity index is 768. The summed E-state index contributed by atoms with van der Waals surface area (Å²) in [5.74, 6) is -1.97. The Hall–Kier alpha value is -2.52. The summed E-state index contributed by atoms with van der Waals surface area (Å²) in [7, 11) is 1.66. The number of hydrogen-bond acceptors (Lipinski definition) is 5. The normalized spacial score (nSPS) is 18.7. The molecule has 0 spiro atoms. The van der Waals surface area contributed by atoms with Crippen LogP contribution in [0.1, 0.15) is 19.3 Å². The largest absolute Gasteiger partial charge is 0.370 e. The summed E-state index contributed by atoms with van der Waals surface area (Å²) in [4.78, 5) is 39.3. The summed E-state index contributed by atoms with van der Waals surface area (Å²) < 4.78 is 19.6. The van der Waals surface area contributed by atoms with Gasteiger partial charge in [0.1, 0.15) is 12.4 Å². The minimum absolute atomic E-state index is 0.0479. The molecular formula is C19H25FN4O4. The fraction of sp³-hybridized carbons (Fsp3) is 0.526. The van der Waals surface area contributed by atoms with Crippen molar-refractivity contribution in [1.82, 2.24) is 4.90 Å². The van der Waals surface area contributed by atoms with E-state index in [4.69, 9.17) is 10.5 Å². The van der Waals surface area contributed by atoms with Crippen molar-refractivity contribution in [2.75, 3.05) is 43.6 Å². The van der Waals surface area contributed by atoms with Gasteiger partial charge in [-0.3, -0.25) is 19.3 Å². The molecule has 3 N–H and O–H groups in total. The molecule has 1 heterocycles. The fourth-order valence-electron chi connectivity index (χ4n) is 3.50. The highest BCUT2D eigenvalue weighted by Crippen LogP contribution is 2.28. The number of nitrogens with one attached hydrogen (secondary N) is 1. The number of morpholine rings is 1. The van der Waals surface area contributed by atoms with Crippen molar-refractivity contribution in [3.05, 3.63) is 24.0 Å². The number of carbonyl (C=O) groups is 3. The van der Waals surface area contributed by atoms with Gasteiger partial charge in [-0.05, 0) is 44.0 Å². The Morgan fingerprint density at radius 3 is 2.75 bits per heavy atom. The van der Waals surface area contributed by atoms with E-state index in [0.717, 1.165) is 19.3 Å². The lowest BCUT2D eigenvalue weighted by Crippen LogP contribution is -2.52. The van der Waals surface area contributed by atoms with E-state index in [9.17, 15) is 18.8 Å². The summed E-state index contributed by atoms with van der Waals surface area (Å²) >= 11 is 0. The Balaban J connectivity index is 1.69. The summed E-state index contributed by atoms with van der Waals surface area (Å²) in [6.07, 6.45) is 3.27. The molecule has 0 aromatic heterocycles. The van der Waals surface area contributed by atoms with E-state index in [0.29, 0.717) is 31.3 Å². The molecule has 1 aromatic rings. The Kier molecular flexibility index (Phi) is 6.25. The average molecular weight is 392 g/mol. The first kappa shape index (κ1) is 20.2. The maximum atomic E-state index is 14.5. The Morgan fingerprint density at radius 1 is 1.43 bits per heavy atom. The van der Waals surface area contributed by atoms with E-state index in [2.05, 4.69) is 5.32 Å². The second-order valence-electron chi connectivity index (χ2n) is 7.29. The molecule has 2 aliphatic rings. The number of hydrogen-bond donors (Lipinski definition) is 2. The summed E-state index contributed by atoms with van der Waals surface area (Å²) in [5.41, 5.74) is 5.73. The smallest absolute Gasteiger partial charge is 0.253 e. The summed E-state index contributed by atoms with van der Waals surface area (Å²) in [6, 6.07) is 2.91. The van der Waals surface area contributed by atoms with E-state index < -0.39 is 23.7 Å². The average Bonchev–Trinajstić information content (AvgIpc) is 2.60. The molecule has 0 unspecified atom stereocenters. The van der Waals surface area contributed by atoms with Crippen molar-refractivity contribution in [1.29, 1.82) is 0 Å². The van der Waals surface area contributed by atoms with Crippen molar-refractivity contribution in [3.63, 3.8) is 0 Å². The lowest BCUT2D eigenvalue weighted by molar-refractivity contribution is -0.132. The molecule has 1 aliphatic heterocycles. The van der Waals surface area contributed by atoms with Gasteiger partial charge in [0.25, 0.3) is 11.8 Å². The second kappa shape index (κ2) is 8.66. The lowest BCUT2D eigenvalue weighted by Gasteiger charge is -2.33. The Morgan fingerprint density at radius 2 is 2.18 bits per heavy atom. The van der Waals surface area contributed by atoms with Crippen molar-refractivity contribution in [2.45, 2.75) is 25.3 Å². The third kappa shape index (κ3) is 4.48. The highest BCUT2D eigenvalue weighted by atomic mass is 19.1. The van der Waals surface area contributed by atoms with Crippen LogP contribution in [0.2, 0.25) is 0 Å². The zero-order valence-corrected chi connectivity index (χ0v) is 15.8. The molecule has 152 valence electrons. The number of rotatable bonds is 7. The van der Waals surface area contributed by atoms with Crippen molar-refractivity contribution < 1.29 is 23.5 Å². The monoisotopic (exact) mass is 392 g/mol. The van der Waals surface area contributed by atoms with E-state index in [-0.39, 0.29) is 18.2 Å². The SMILES string of the molecule is CN(CC1CCC1)[C@@H](C(N)=O)C(=O)Nc1ccc(N2CCOCC2=O)cc1F. The molecule has 3 rings (SSSR count). The predicted octanol–water partition coefficient (Wildman–Crippen LogP) is 0.713. The van der Waals surface area contributed by atoms with Gasteiger partial charge in [-0.25, -0.2) is 4.39 Å². The molecule has 8 nitrogen and oxygen atoms in total. The molecule has 1 saturated heterocycles. The fourth-order valence-corrected chi connectivity index (χ4v) is 3.50. The number of nitrogens with two attached hydrogens (primary N) is 1. The molecule has 9 heteroatoms. The molecule has 1 atom stereocenters. The van der Waals surface area contributed by atoms with E-state index >= 15 is 0 Å². The molecule has 0 bridgehead atoms. The van der Waals surface area contributed by atoms with Crippen LogP contribution in [0.15, 0.2) is 18.2 Å². The highest BCUT2D eigenvalue weighted by molar-refractivity contribution is 6.09. The van der Waals surface area contributed by atoms with Crippen molar-refractivity contribution in [3.8, 4) is 0 Å². The molecule has 28 heavy (non-hydrogen) atoms. The molecule has 0 radical (unpaired) electrons. The number of ether oxygens (including phenoxy) is 1. The van der Waals surface area contributed by atoms with Crippen LogP contribution in [-0.4, -0.2) is 62.0 Å². The molecule has 1 aliphatic carbocycles. The van der Waals surface area contributed by atoms with Crippen molar-refractivity contribution in [2.24, 2.45) is 11.7 Å². The van der Waals surface area contributed by atoms with E-state index in [1.54, 1.807) is 18.0 Å². The van der Waals surface area contributed by atoms with Gasteiger partial charge < -0.3 is 20.7 Å². The quantitative estimate of drug-likeness (QED) is 0.665. The van der Waals surface area contributed by atoms with Gasteiger partial charge in [-0.1, -0.05) is 6.42 Å². The number of primary amides is 1. The van der Waals surface area contributed by atoms with Gasteiger partial charge in [0.05, 0.1) is 12.3 Å². The number of carbonyl (C=O) groups excluding carboxylic acids is 3. The molecular weight excluding hydrogens is 367 g/mol. The topological polar surface area (TPSA) is 105 Å². The maximum Gasteiger partial charge on any atom is 0.253 e. The molecule has 2 fully saturated rings. The predicted molar refractivity (Wildman–Crippen MR) is 101 cm³/mol. The van der Waals surface area contributed by atoms with Crippen LogP contribution < -0.4 is 16.0 Å². The molecule has 1 saturated carbocycles. The number of halogens is 1. The first-order chi connectivity index (χ1) is 13.4. The molecule has 3 amide bonds. The number of nitrogens with zero attached hydrogens (tertiary/aromatic N) is 2. The van der Waals surface area contributed by atoms with E-state index in [1.165, 1.54) is 17.0 Å². The number of benzene rings is 1. The highest BCUT2D eigenvalue weighted by Gasteiger charge is 2.32. The van der Waals surface area contributed by atoms with Crippen LogP contribution in [0.3, 0.4) is 0 Å². The minimum atomic E-state index is -1.18. The standard InChI is InChI=1S/C19H25FN4O4/c1-23(10-12-3-2-4-12)17(18(21)26)19(27)22-15-6-5-13(9-14(15)20)24-7-8-28-11-16(24)25/h5-6,9,12,17H,2-4,7-8,10-11H2,1H3,(H2,21,26)(H,22,27)/t17-/m0/s1. The van der Waals surface area contributed by atoms with Crippen molar-refractivity contribution >= 4 is 29.1 Å². The van der Waals surface area contributed by atoms with Gasteiger partial charge >= 0.3 is 0 Å². The summed E-state index contributed by atoms with van der Waals surface area (Å²) in [6.45, 7) is 1.24. The van der Waals surface area contributed by atoms with Gasteiger partial charge in [-0.2, -0.15) is 0 Å². The number of likely N-dealkylation sites (N-methyl/N-ethyl adjacent to an activating group) is 1. The lowest BCUT2D eigenvalue weighted by atomic mass is 9.85. The van der Waals surface area contributed by atoms with Crippen LogP contribution >= 0.6 is 0 Å². The van der Waals surface area contributed by atoms with Crippen LogP contribution in [0.25, 0.3) is 0 Å². The number of amides is 3. The van der Waals surface area contributed by atoms with Gasteiger partial charge in [0.2, 0.25) is 5.91 Å². The second-order valence-corrected chi connectivity index (χ2v) is 7.29. The van der Waals surface area contributed by atoms with Crippen LogP contribution in [0.5, 0.6) is 0 Å². The van der Waals surface area contributed by atoms with Gasteiger partial charge in [0, 0.05) is 18.8 Å². The van der Waals surface area contributed by atoms with Gasteiger partial charge in [-0.15, -0.1) is 0 Å². The third-order valence-electron chi connectivity index (χ3n) is 5.24. The summed E-state index contributed by atoms with van der Waals surface area (Å²) in [5, 5.41) is 2.44.